The Balaban J connectivity index is 2.28. The molecule has 0 radical (unpaired) electrons. The Bertz CT molecular complexity index is 150. The lowest BCUT2D eigenvalue weighted by Gasteiger charge is -2.25. The molecule has 0 N–H and O–H groups in total. The summed E-state index contributed by atoms with van der Waals surface area (Å²) in [6.45, 7) is 2.25. The molecule has 0 aromatic heterocycles. The minimum absolute atomic E-state index is 0.638. The highest BCUT2D eigenvalue weighted by molar-refractivity contribution is 8.04. The average molecular weight is 169 g/mol. The van der Waals surface area contributed by atoms with E-state index in [2.05, 4.69) is 12.3 Å². The summed E-state index contributed by atoms with van der Waals surface area (Å²) in [4.78, 5) is 0. The number of hydrogen-bond acceptors (Lipinski definition) is 2. The second kappa shape index (κ2) is 4.66. The van der Waals surface area contributed by atoms with Crippen LogP contribution in [0.3, 0.4) is 0 Å². The second-order valence-corrected chi connectivity index (χ2v) is 4.36. The van der Waals surface area contributed by atoms with Crippen molar-refractivity contribution in [3.8, 4) is 5.40 Å². The van der Waals surface area contributed by atoms with Gasteiger partial charge < -0.3 is 0 Å². The predicted octanol–water partition coefficient (Wildman–Crippen LogP) is 3.17. The van der Waals surface area contributed by atoms with Gasteiger partial charge in [0.2, 0.25) is 0 Å². The van der Waals surface area contributed by atoms with Crippen LogP contribution in [0.25, 0.3) is 0 Å². The van der Waals surface area contributed by atoms with Crippen LogP contribution in [-0.2, 0) is 0 Å². The molecule has 1 aliphatic carbocycles. The normalized spacial score (nSPS) is 31.3. The molecule has 2 heteroatoms. The van der Waals surface area contributed by atoms with Crippen molar-refractivity contribution in [1.82, 2.24) is 0 Å². The van der Waals surface area contributed by atoms with E-state index in [1.54, 1.807) is 0 Å². The maximum atomic E-state index is 8.49. The lowest BCUT2D eigenvalue weighted by molar-refractivity contribution is 0.358. The fraction of sp³-hybridized carbons (Fsp3) is 0.889. The zero-order valence-electron chi connectivity index (χ0n) is 7.05. The van der Waals surface area contributed by atoms with Gasteiger partial charge in [-0.25, -0.2) is 0 Å². The number of rotatable bonds is 2. The fourth-order valence-corrected chi connectivity index (χ4v) is 2.60. The van der Waals surface area contributed by atoms with Crippen molar-refractivity contribution in [3.63, 3.8) is 0 Å². The van der Waals surface area contributed by atoms with E-state index in [1.165, 1.54) is 43.9 Å². The third-order valence-corrected chi connectivity index (χ3v) is 3.40. The number of thiocyanates is 1. The summed E-state index contributed by atoms with van der Waals surface area (Å²) in [5.74, 6) is 0.898. The van der Waals surface area contributed by atoms with Crippen LogP contribution >= 0.6 is 11.8 Å². The molecule has 0 saturated heterocycles. The van der Waals surface area contributed by atoms with E-state index in [4.69, 9.17) is 5.26 Å². The van der Waals surface area contributed by atoms with Gasteiger partial charge in [-0.1, -0.05) is 26.2 Å². The molecule has 0 aliphatic heterocycles. The summed E-state index contributed by atoms with van der Waals surface area (Å²) in [5, 5.41) is 11.3. The van der Waals surface area contributed by atoms with E-state index in [0.29, 0.717) is 5.25 Å². The van der Waals surface area contributed by atoms with Gasteiger partial charge in [-0.3, -0.25) is 0 Å². The Hall–Kier alpha value is -0.160. The zero-order chi connectivity index (χ0) is 8.10. The van der Waals surface area contributed by atoms with Crippen molar-refractivity contribution >= 4 is 11.8 Å². The first-order chi connectivity index (χ1) is 5.36. The second-order valence-electron chi connectivity index (χ2n) is 3.27. The summed E-state index contributed by atoms with van der Waals surface area (Å²) in [7, 11) is 0. The Kier molecular flexibility index (Phi) is 3.79. The number of hydrogen-bond donors (Lipinski definition) is 0. The summed E-state index contributed by atoms with van der Waals surface area (Å²) in [6.07, 6.45) is 6.54. The van der Waals surface area contributed by atoms with Crippen LogP contribution in [-0.4, -0.2) is 5.25 Å². The highest BCUT2D eigenvalue weighted by Gasteiger charge is 2.20. The molecule has 1 saturated carbocycles. The maximum Gasteiger partial charge on any atom is 0.133 e. The van der Waals surface area contributed by atoms with Gasteiger partial charge in [-0.2, -0.15) is 5.26 Å². The van der Waals surface area contributed by atoms with Crippen molar-refractivity contribution in [1.29, 1.82) is 5.26 Å². The van der Waals surface area contributed by atoms with E-state index in [9.17, 15) is 0 Å². The van der Waals surface area contributed by atoms with Crippen LogP contribution in [0.1, 0.15) is 39.0 Å². The lowest BCUT2D eigenvalue weighted by atomic mass is 9.87. The van der Waals surface area contributed by atoms with Gasteiger partial charge in [0.15, 0.2) is 0 Å². The maximum absolute atomic E-state index is 8.49. The minimum Gasteiger partial charge on any atom is -0.185 e. The molecular formula is C9H15NS. The molecule has 0 heterocycles. The lowest BCUT2D eigenvalue weighted by Crippen LogP contribution is -2.16. The first kappa shape index (κ1) is 8.93. The molecule has 1 nitrogen and oxygen atoms in total. The van der Waals surface area contributed by atoms with Crippen LogP contribution in [0.15, 0.2) is 0 Å². The minimum atomic E-state index is 0.638. The third kappa shape index (κ3) is 2.75. The van der Waals surface area contributed by atoms with E-state index in [-0.39, 0.29) is 0 Å². The molecule has 0 amide bonds. The fourth-order valence-electron chi connectivity index (χ4n) is 1.79. The summed E-state index contributed by atoms with van der Waals surface area (Å²) >= 11 is 1.48. The van der Waals surface area contributed by atoms with Crippen molar-refractivity contribution in [3.05, 3.63) is 0 Å². The molecule has 2 atom stereocenters. The molecule has 0 aromatic carbocycles. The van der Waals surface area contributed by atoms with Crippen LogP contribution in [0.5, 0.6) is 0 Å². The van der Waals surface area contributed by atoms with Crippen molar-refractivity contribution in [2.75, 3.05) is 0 Å². The molecule has 2 unspecified atom stereocenters. The first-order valence-electron chi connectivity index (χ1n) is 4.41. The topological polar surface area (TPSA) is 23.8 Å². The monoisotopic (exact) mass is 169 g/mol. The number of thioether (sulfide) groups is 1. The van der Waals surface area contributed by atoms with Gasteiger partial charge in [0, 0.05) is 5.25 Å². The SMILES string of the molecule is CCC1CCCC(SC#N)C1. The first-order valence-corrected chi connectivity index (χ1v) is 5.29. The number of nitriles is 1. The molecule has 11 heavy (non-hydrogen) atoms. The third-order valence-electron chi connectivity index (χ3n) is 2.53. The molecule has 0 aromatic rings. The quantitative estimate of drug-likeness (QED) is 0.593. The van der Waals surface area contributed by atoms with E-state index >= 15 is 0 Å². The smallest absolute Gasteiger partial charge is 0.133 e. The molecule has 0 spiro atoms. The van der Waals surface area contributed by atoms with Gasteiger partial charge in [0.1, 0.15) is 5.40 Å². The Morgan fingerprint density at radius 3 is 3.00 bits per heavy atom. The average Bonchev–Trinajstić information content (AvgIpc) is 2.06. The molecule has 1 fully saturated rings. The molecular weight excluding hydrogens is 154 g/mol. The highest BCUT2D eigenvalue weighted by Crippen LogP contribution is 2.32. The predicted molar refractivity (Wildman–Crippen MR) is 49.2 cm³/mol. The van der Waals surface area contributed by atoms with E-state index < -0.39 is 0 Å². The summed E-state index contributed by atoms with van der Waals surface area (Å²) < 4.78 is 0. The highest BCUT2D eigenvalue weighted by atomic mass is 32.2. The Morgan fingerprint density at radius 1 is 1.55 bits per heavy atom. The number of nitrogens with zero attached hydrogens (tertiary/aromatic N) is 1. The van der Waals surface area contributed by atoms with E-state index in [1.807, 2.05) is 0 Å². The Morgan fingerprint density at radius 2 is 2.36 bits per heavy atom. The zero-order valence-corrected chi connectivity index (χ0v) is 7.86. The van der Waals surface area contributed by atoms with Crippen LogP contribution in [0, 0.1) is 16.6 Å². The van der Waals surface area contributed by atoms with Crippen molar-refractivity contribution < 1.29 is 0 Å². The molecule has 1 aliphatic rings. The largest absolute Gasteiger partial charge is 0.185 e. The van der Waals surface area contributed by atoms with E-state index in [0.717, 1.165) is 5.92 Å². The standard InChI is InChI=1S/C9H15NS/c1-2-8-4-3-5-9(6-8)11-7-10/h8-9H,2-6H2,1H3. The van der Waals surface area contributed by atoms with Gasteiger partial charge >= 0.3 is 0 Å². The molecule has 0 bridgehead atoms. The van der Waals surface area contributed by atoms with Crippen LogP contribution < -0.4 is 0 Å². The van der Waals surface area contributed by atoms with Crippen LogP contribution in [0.4, 0.5) is 0 Å². The van der Waals surface area contributed by atoms with Crippen molar-refractivity contribution in [2.24, 2.45) is 5.92 Å². The van der Waals surface area contributed by atoms with Crippen LogP contribution in [0.2, 0.25) is 0 Å². The Labute approximate surface area is 73.2 Å². The molecule has 1 rings (SSSR count). The molecule has 62 valence electrons. The van der Waals surface area contributed by atoms with Gasteiger partial charge in [-0.15, -0.1) is 0 Å². The summed E-state index contributed by atoms with van der Waals surface area (Å²) in [6, 6.07) is 0. The van der Waals surface area contributed by atoms with Gasteiger partial charge in [-0.05, 0) is 30.5 Å². The van der Waals surface area contributed by atoms with Crippen molar-refractivity contribution in [2.45, 2.75) is 44.3 Å². The summed E-state index contributed by atoms with van der Waals surface area (Å²) in [5.41, 5.74) is 0. The van der Waals surface area contributed by atoms with Gasteiger partial charge in [0.25, 0.3) is 0 Å². The van der Waals surface area contributed by atoms with Gasteiger partial charge in [0.05, 0.1) is 0 Å².